The van der Waals surface area contributed by atoms with Gasteiger partial charge in [-0.25, -0.2) is 4.98 Å². The monoisotopic (exact) mass is 180 g/mol. The van der Waals surface area contributed by atoms with Crippen molar-refractivity contribution in [2.45, 2.75) is 6.92 Å². The van der Waals surface area contributed by atoms with E-state index in [0.29, 0.717) is 0 Å². The average Bonchev–Trinajstić information content (AvgIpc) is 2.03. The molecule has 1 heterocycles. The minimum Gasteiger partial charge on any atom is -0.422 e. The molecule has 0 spiro atoms. The Labute approximate surface area is 78.0 Å². The summed E-state index contributed by atoms with van der Waals surface area (Å²) in [4.78, 5) is 5.88. The van der Waals surface area contributed by atoms with Gasteiger partial charge in [0, 0.05) is 14.1 Å². The summed E-state index contributed by atoms with van der Waals surface area (Å²) in [7, 11) is 2.21. The molecule has 0 saturated heterocycles. The molecule has 0 fully saturated rings. The Kier molecular flexibility index (Phi) is 2.90. The van der Waals surface area contributed by atoms with E-state index >= 15 is 0 Å². The van der Waals surface area contributed by atoms with Crippen LogP contribution in [0.2, 0.25) is 0 Å². The second-order valence-corrected chi connectivity index (χ2v) is 3.20. The number of aromatic nitrogens is 1. The quantitative estimate of drug-likeness (QED) is 0.581. The molecule has 0 unspecified atom stereocenters. The third-order valence-corrected chi connectivity index (χ3v) is 1.70. The zero-order chi connectivity index (χ0) is 10.0. The summed E-state index contributed by atoms with van der Waals surface area (Å²) >= 11 is 0. The van der Waals surface area contributed by atoms with Crippen molar-refractivity contribution in [2.24, 2.45) is 0 Å². The molecule has 0 aliphatic rings. The number of nitrogens with zero attached hydrogens (tertiary/aromatic N) is 2. The van der Waals surface area contributed by atoms with Crippen molar-refractivity contribution < 1.29 is 10.0 Å². The smallest absolute Gasteiger partial charge is 0.422 e. The van der Waals surface area contributed by atoms with Gasteiger partial charge in [-0.3, -0.25) is 0 Å². The van der Waals surface area contributed by atoms with Crippen molar-refractivity contribution in [3.63, 3.8) is 0 Å². The van der Waals surface area contributed by atoms with Crippen LogP contribution in [0.25, 0.3) is 0 Å². The average molecular weight is 180 g/mol. The topological polar surface area (TPSA) is 56.6 Å². The zero-order valence-corrected chi connectivity index (χ0v) is 8.02. The first kappa shape index (κ1) is 10.0. The van der Waals surface area contributed by atoms with Crippen LogP contribution in [0.1, 0.15) is 5.56 Å². The Hall–Kier alpha value is -1.07. The van der Waals surface area contributed by atoms with E-state index in [1.54, 1.807) is 6.07 Å². The molecular weight excluding hydrogens is 167 g/mol. The van der Waals surface area contributed by atoms with Crippen LogP contribution in [-0.2, 0) is 0 Å². The van der Waals surface area contributed by atoms with E-state index < -0.39 is 7.12 Å². The summed E-state index contributed by atoms with van der Waals surface area (Å²) in [5.41, 5.74) is 1.24. The van der Waals surface area contributed by atoms with Crippen molar-refractivity contribution in [1.82, 2.24) is 4.98 Å². The summed E-state index contributed by atoms with van der Waals surface area (Å²) in [5, 5.41) is 17.9. The van der Waals surface area contributed by atoms with E-state index in [0.717, 1.165) is 11.4 Å². The first-order valence-electron chi connectivity index (χ1n) is 4.03. The van der Waals surface area contributed by atoms with Gasteiger partial charge in [0.25, 0.3) is 0 Å². The van der Waals surface area contributed by atoms with E-state index in [9.17, 15) is 0 Å². The van der Waals surface area contributed by atoms with Crippen molar-refractivity contribution in [1.29, 1.82) is 0 Å². The van der Waals surface area contributed by atoms with Gasteiger partial charge >= 0.3 is 7.12 Å². The standard InChI is InChI=1S/C8H13BN2O2/c1-6-4-7(9(12)13)10-8(5-6)11(2)3/h4-5,12-13H,1-3H3. The maximum Gasteiger partial charge on any atom is 0.508 e. The van der Waals surface area contributed by atoms with Crippen molar-refractivity contribution in [3.8, 4) is 0 Å². The fourth-order valence-electron chi connectivity index (χ4n) is 1.04. The van der Waals surface area contributed by atoms with Crippen LogP contribution in [0.4, 0.5) is 5.82 Å². The third kappa shape index (κ3) is 2.43. The molecule has 0 aliphatic carbocycles. The molecule has 13 heavy (non-hydrogen) atoms. The third-order valence-electron chi connectivity index (χ3n) is 1.70. The molecule has 2 N–H and O–H groups in total. The van der Waals surface area contributed by atoms with E-state index in [4.69, 9.17) is 10.0 Å². The van der Waals surface area contributed by atoms with E-state index in [1.807, 2.05) is 32.0 Å². The Morgan fingerprint density at radius 2 is 1.92 bits per heavy atom. The molecule has 1 aromatic heterocycles. The van der Waals surface area contributed by atoms with Gasteiger partial charge in [0.1, 0.15) is 5.82 Å². The molecule has 4 nitrogen and oxygen atoms in total. The molecule has 0 radical (unpaired) electrons. The van der Waals surface area contributed by atoms with E-state index in [2.05, 4.69) is 4.98 Å². The van der Waals surface area contributed by atoms with Crippen LogP contribution >= 0.6 is 0 Å². The molecule has 0 aromatic carbocycles. The lowest BCUT2D eigenvalue weighted by Crippen LogP contribution is -2.34. The van der Waals surface area contributed by atoms with Crippen LogP contribution in [0.3, 0.4) is 0 Å². The number of aryl methyl sites for hydroxylation is 1. The van der Waals surface area contributed by atoms with Crippen LogP contribution in [0.15, 0.2) is 12.1 Å². The van der Waals surface area contributed by atoms with Gasteiger partial charge in [0.2, 0.25) is 0 Å². The number of pyridine rings is 1. The first-order valence-corrected chi connectivity index (χ1v) is 4.03. The Morgan fingerprint density at radius 1 is 1.31 bits per heavy atom. The van der Waals surface area contributed by atoms with E-state index in [-0.39, 0.29) is 5.59 Å². The highest BCUT2D eigenvalue weighted by Gasteiger charge is 2.14. The summed E-state index contributed by atoms with van der Waals surface area (Å²) in [5.74, 6) is 0.725. The van der Waals surface area contributed by atoms with Gasteiger partial charge < -0.3 is 14.9 Å². The SMILES string of the molecule is Cc1cc(B(O)O)nc(N(C)C)c1. The molecule has 5 heteroatoms. The molecular formula is C8H13BN2O2. The Morgan fingerprint density at radius 3 is 2.38 bits per heavy atom. The fraction of sp³-hybridized carbons (Fsp3) is 0.375. The highest BCUT2D eigenvalue weighted by molar-refractivity contribution is 6.57. The maximum atomic E-state index is 8.93. The molecule has 0 aliphatic heterocycles. The van der Waals surface area contributed by atoms with Gasteiger partial charge in [-0.15, -0.1) is 0 Å². The molecule has 0 saturated carbocycles. The van der Waals surface area contributed by atoms with Gasteiger partial charge in [0.15, 0.2) is 0 Å². The van der Waals surface area contributed by atoms with Crippen LogP contribution in [-0.4, -0.2) is 36.2 Å². The van der Waals surface area contributed by atoms with Gasteiger partial charge in [-0.2, -0.15) is 0 Å². The highest BCUT2D eigenvalue weighted by atomic mass is 16.4. The van der Waals surface area contributed by atoms with Crippen LogP contribution in [0.5, 0.6) is 0 Å². The predicted molar refractivity (Wildman–Crippen MR) is 53.1 cm³/mol. The zero-order valence-electron chi connectivity index (χ0n) is 8.02. The molecule has 0 bridgehead atoms. The van der Waals surface area contributed by atoms with Gasteiger partial charge in [-0.05, 0) is 24.6 Å². The molecule has 1 aromatic rings. The predicted octanol–water partition coefficient (Wildman–Crippen LogP) is -0.864. The first-order chi connectivity index (χ1) is 6.00. The van der Waals surface area contributed by atoms with Crippen molar-refractivity contribution >= 4 is 18.5 Å². The maximum absolute atomic E-state index is 8.93. The van der Waals surface area contributed by atoms with Gasteiger partial charge in [-0.1, -0.05) is 0 Å². The summed E-state index contributed by atoms with van der Waals surface area (Å²) in [6, 6.07) is 3.53. The lowest BCUT2D eigenvalue weighted by Gasteiger charge is -2.13. The van der Waals surface area contributed by atoms with Crippen molar-refractivity contribution in [2.75, 3.05) is 19.0 Å². The second-order valence-electron chi connectivity index (χ2n) is 3.20. The van der Waals surface area contributed by atoms with Crippen LogP contribution < -0.4 is 10.5 Å². The largest absolute Gasteiger partial charge is 0.508 e. The number of hydrogen-bond donors (Lipinski definition) is 2. The fourth-order valence-corrected chi connectivity index (χ4v) is 1.04. The minimum absolute atomic E-state index is 0.281. The number of rotatable bonds is 2. The van der Waals surface area contributed by atoms with Crippen LogP contribution in [0, 0.1) is 6.92 Å². The molecule has 70 valence electrons. The molecule has 0 atom stereocenters. The minimum atomic E-state index is -1.50. The number of hydrogen-bond acceptors (Lipinski definition) is 4. The summed E-state index contributed by atoms with van der Waals surface area (Å²) in [6.45, 7) is 1.89. The van der Waals surface area contributed by atoms with Crippen molar-refractivity contribution in [3.05, 3.63) is 17.7 Å². The molecule has 1 rings (SSSR count). The Bertz CT molecular complexity index is 276. The molecule has 0 amide bonds. The normalized spacial score (nSPS) is 9.92. The van der Waals surface area contributed by atoms with Gasteiger partial charge in [0.05, 0.1) is 5.59 Å². The van der Waals surface area contributed by atoms with E-state index in [1.165, 1.54) is 0 Å². The highest BCUT2D eigenvalue weighted by Crippen LogP contribution is 2.06. The summed E-state index contributed by atoms with van der Waals surface area (Å²) < 4.78 is 0. The second kappa shape index (κ2) is 3.76. The number of anilines is 1. The Balaban J connectivity index is 3.11. The lowest BCUT2D eigenvalue weighted by molar-refractivity contribution is 0.424. The summed E-state index contributed by atoms with van der Waals surface area (Å²) in [6.07, 6.45) is 0. The lowest BCUT2D eigenvalue weighted by atomic mass is 9.85.